The highest BCUT2D eigenvalue weighted by atomic mass is 16.4. The van der Waals surface area contributed by atoms with E-state index in [1.807, 2.05) is 32.0 Å². The largest absolute Gasteiger partial charge is 0.419 e. The topological polar surface area (TPSA) is 105 Å². The van der Waals surface area contributed by atoms with Crippen molar-refractivity contribution in [3.8, 4) is 0 Å². The van der Waals surface area contributed by atoms with Crippen LogP contribution in [0.1, 0.15) is 17.5 Å². The number of fused-ring (bicyclic) bond motifs is 1. The van der Waals surface area contributed by atoms with Crippen LogP contribution in [0.4, 0.5) is 5.69 Å². The van der Waals surface area contributed by atoms with E-state index >= 15 is 0 Å². The summed E-state index contributed by atoms with van der Waals surface area (Å²) >= 11 is 0. The smallest absolute Gasteiger partial charge is 0.408 e. The van der Waals surface area contributed by atoms with Crippen molar-refractivity contribution in [2.45, 2.75) is 26.8 Å². The molecular weight excluding hydrogens is 360 g/mol. The van der Waals surface area contributed by atoms with Crippen LogP contribution in [0.25, 0.3) is 11.1 Å². The Bertz CT molecular complexity index is 1070. The van der Waals surface area contributed by atoms with Crippen LogP contribution >= 0.6 is 0 Å². The van der Waals surface area contributed by atoms with Gasteiger partial charge in [-0.2, -0.15) is 0 Å². The van der Waals surface area contributed by atoms with Gasteiger partial charge < -0.3 is 9.73 Å². The van der Waals surface area contributed by atoms with Crippen molar-refractivity contribution in [2.24, 2.45) is 0 Å². The zero-order chi connectivity index (χ0) is 20.1. The number of aryl methyl sites for hydroxylation is 3. The van der Waals surface area contributed by atoms with Gasteiger partial charge in [-0.05, 0) is 37.6 Å². The summed E-state index contributed by atoms with van der Waals surface area (Å²) in [6.45, 7) is 4.13. The molecule has 3 N–H and O–H groups in total. The van der Waals surface area contributed by atoms with Gasteiger partial charge in [0.1, 0.15) is 0 Å². The maximum Gasteiger partial charge on any atom is 0.419 e. The van der Waals surface area contributed by atoms with E-state index in [1.165, 1.54) is 4.57 Å². The minimum absolute atomic E-state index is 0.0220. The molecule has 3 rings (SSSR count). The van der Waals surface area contributed by atoms with Crippen LogP contribution in [0.5, 0.6) is 0 Å². The molecule has 2 aromatic carbocycles. The summed E-state index contributed by atoms with van der Waals surface area (Å²) < 4.78 is 6.51. The Morgan fingerprint density at radius 3 is 2.57 bits per heavy atom. The molecule has 28 heavy (non-hydrogen) atoms. The second kappa shape index (κ2) is 8.43. The van der Waals surface area contributed by atoms with E-state index in [4.69, 9.17) is 4.42 Å². The lowest BCUT2D eigenvalue weighted by molar-refractivity contribution is -0.128. The van der Waals surface area contributed by atoms with Crippen molar-refractivity contribution in [3.63, 3.8) is 0 Å². The average molecular weight is 382 g/mol. The molecule has 1 aromatic heterocycles. The second-order valence-electron chi connectivity index (χ2n) is 6.51. The van der Waals surface area contributed by atoms with Gasteiger partial charge in [0.05, 0.1) is 12.1 Å². The van der Waals surface area contributed by atoms with Crippen LogP contribution in [0, 0.1) is 13.8 Å². The molecule has 8 nitrogen and oxygen atoms in total. The molecular formula is C20H22N4O4. The summed E-state index contributed by atoms with van der Waals surface area (Å²) in [4.78, 5) is 35.7. The van der Waals surface area contributed by atoms with Crippen molar-refractivity contribution >= 4 is 28.6 Å². The van der Waals surface area contributed by atoms with E-state index in [9.17, 15) is 14.4 Å². The number of carbonyl (C=O) groups is 2. The molecule has 8 heteroatoms. The quantitative estimate of drug-likeness (QED) is 0.565. The predicted octanol–water partition coefficient (Wildman–Crippen LogP) is 1.86. The van der Waals surface area contributed by atoms with Crippen molar-refractivity contribution in [3.05, 3.63) is 64.1 Å². The van der Waals surface area contributed by atoms with E-state index in [2.05, 4.69) is 16.2 Å². The summed E-state index contributed by atoms with van der Waals surface area (Å²) in [7, 11) is 0. The zero-order valence-electron chi connectivity index (χ0n) is 15.7. The molecule has 0 saturated carbocycles. The van der Waals surface area contributed by atoms with E-state index in [-0.39, 0.29) is 25.4 Å². The Kier molecular flexibility index (Phi) is 5.78. The number of carbonyl (C=O) groups excluding carboxylic acids is 2. The van der Waals surface area contributed by atoms with Gasteiger partial charge in [-0.15, -0.1) is 0 Å². The van der Waals surface area contributed by atoms with Crippen molar-refractivity contribution in [1.29, 1.82) is 0 Å². The molecule has 3 aromatic rings. The summed E-state index contributed by atoms with van der Waals surface area (Å²) in [6, 6.07) is 12.9. The Balaban J connectivity index is 1.45. The fourth-order valence-corrected chi connectivity index (χ4v) is 2.87. The van der Waals surface area contributed by atoms with Gasteiger partial charge in [0.2, 0.25) is 5.91 Å². The Morgan fingerprint density at radius 1 is 1.04 bits per heavy atom. The van der Waals surface area contributed by atoms with Gasteiger partial charge in [0.25, 0.3) is 5.91 Å². The third-order valence-electron chi connectivity index (χ3n) is 4.30. The SMILES string of the molecule is Cc1ccc(NCC(=O)NNC(=O)CCn2c(=O)oc3ccccc32)c(C)c1. The number of nitrogens with one attached hydrogen (secondary N) is 3. The number of anilines is 1. The van der Waals surface area contributed by atoms with Crippen LogP contribution in [-0.2, 0) is 16.1 Å². The van der Waals surface area contributed by atoms with Crippen LogP contribution in [0.3, 0.4) is 0 Å². The zero-order valence-corrected chi connectivity index (χ0v) is 15.7. The summed E-state index contributed by atoms with van der Waals surface area (Å²) in [5.74, 6) is -1.30. The number of nitrogens with zero attached hydrogens (tertiary/aromatic N) is 1. The normalized spacial score (nSPS) is 10.6. The Labute approximate surface area is 161 Å². The molecule has 0 radical (unpaired) electrons. The number of hydrazine groups is 1. The number of benzene rings is 2. The minimum Gasteiger partial charge on any atom is -0.408 e. The van der Waals surface area contributed by atoms with Crippen molar-refractivity contribution < 1.29 is 14.0 Å². The fraction of sp³-hybridized carbons (Fsp3) is 0.250. The van der Waals surface area contributed by atoms with E-state index in [0.29, 0.717) is 11.1 Å². The number of aromatic nitrogens is 1. The molecule has 1 heterocycles. The minimum atomic E-state index is -0.518. The maximum atomic E-state index is 12.0. The van der Waals surface area contributed by atoms with Crippen molar-refractivity contribution in [2.75, 3.05) is 11.9 Å². The third kappa shape index (κ3) is 4.59. The van der Waals surface area contributed by atoms with Gasteiger partial charge >= 0.3 is 5.76 Å². The molecule has 0 aliphatic rings. The number of hydrogen-bond donors (Lipinski definition) is 3. The lowest BCUT2D eigenvalue weighted by Crippen LogP contribution is -2.44. The van der Waals surface area contributed by atoms with Gasteiger partial charge in [0, 0.05) is 18.7 Å². The molecule has 0 saturated heterocycles. The number of amides is 2. The molecule has 0 aliphatic heterocycles. The molecule has 0 unspecified atom stereocenters. The highest BCUT2D eigenvalue weighted by molar-refractivity contribution is 5.84. The highest BCUT2D eigenvalue weighted by Crippen LogP contribution is 2.15. The Morgan fingerprint density at radius 2 is 1.79 bits per heavy atom. The number of oxazole rings is 1. The van der Waals surface area contributed by atoms with Gasteiger partial charge in [0.15, 0.2) is 5.58 Å². The first-order valence-corrected chi connectivity index (χ1v) is 8.91. The van der Waals surface area contributed by atoms with Gasteiger partial charge in [-0.25, -0.2) is 4.79 Å². The van der Waals surface area contributed by atoms with E-state index < -0.39 is 11.7 Å². The Hall–Kier alpha value is -3.55. The standard InChI is InChI=1S/C20H22N4O4/c1-13-7-8-15(14(2)11-13)21-12-19(26)23-22-18(25)9-10-24-16-5-3-4-6-17(16)28-20(24)27/h3-8,11,21H,9-10,12H2,1-2H3,(H,22,25)(H,23,26). The predicted molar refractivity (Wildman–Crippen MR) is 106 cm³/mol. The number of para-hydroxylation sites is 2. The summed E-state index contributed by atoms with van der Waals surface area (Å²) in [6.07, 6.45) is 0.0220. The third-order valence-corrected chi connectivity index (χ3v) is 4.30. The van der Waals surface area contributed by atoms with Gasteiger partial charge in [-0.1, -0.05) is 29.8 Å². The lowest BCUT2D eigenvalue weighted by Gasteiger charge is -2.11. The fourth-order valence-electron chi connectivity index (χ4n) is 2.87. The molecule has 0 fully saturated rings. The summed E-state index contributed by atoms with van der Waals surface area (Å²) in [5, 5.41) is 3.02. The van der Waals surface area contributed by atoms with Crippen LogP contribution in [0.15, 0.2) is 51.7 Å². The second-order valence-corrected chi connectivity index (χ2v) is 6.51. The first kappa shape index (κ1) is 19.2. The molecule has 2 amide bonds. The first-order valence-electron chi connectivity index (χ1n) is 8.91. The molecule has 146 valence electrons. The first-order chi connectivity index (χ1) is 13.4. The number of hydrogen-bond acceptors (Lipinski definition) is 5. The molecule has 0 bridgehead atoms. The van der Waals surface area contributed by atoms with E-state index in [0.717, 1.165) is 16.8 Å². The molecule has 0 atom stereocenters. The number of rotatable bonds is 6. The van der Waals surface area contributed by atoms with Crippen molar-refractivity contribution in [1.82, 2.24) is 15.4 Å². The summed E-state index contributed by atoms with van der Waals surface area (Å²) in [5.41, 5.74) is 8.84. The molecule has 0 spiro atoms. The van der Waals surface area contributed by atoms with E-state index in [1.54, 1.807) is 24.3 Å². The van der Waals surface area contributed by atoms with Crippen LogP contribution < -0.4 is 21.9 Å². The van der Waals surface area contributed by atoms with Crippen LogP contribution in [0.2, 0.25) is 0 Å². The lowest BCUT2D eigenvalue weighted by atomic mass is 10.1. The van der Waals surface area contributed by atoms with Crippen LogP contribution in [-0.4, -0.2) is 22.9 Å². The average Bonchev–Trinajstić information content (AvgIpc) is 2.99. The van der Waals surface area contributed by atoms with Gasteiger partial charge in [-0.3, -0.25) is 25.0 Å². The highest BCUT2D eigenvalue weighted by Gasteiger charge is 2.11. The monoisotopic (exact) mass is 382 g/mol. The maximum absolute atomic E-state index is 12.0. The molecule has 0 aliphatic carbocycles.